The number of benzene rings is 1. The molecule has 0 fully saturated rings. The molecule has 0 N–H and O–H groups in total. The lowest BCUT2D eigenvalue weighted by atomic mass is 9.93. The molecule has 0 heterocycles. The molecule has 4 heteroatoms. The van der Waals surface area contributed by atoms with Crippen LogP contribution in [0.15, 0.2) is 30.3 Å². The van der Waals surface area contributed by atoms with Crippen molar-refractivity contribution >= 4 is 17.7 Å². The number of hydrogen-bond acceptors (Lipinski definition) is 3. The number of carbonyl (C=O) groups excluding carboxylic acids is 1. The van der Waals surface area contributed by atoms with E-state index >= 15 is 0 Å². The fraction of sp³-hybridized carbons (Fsp3) is 0.529. The predicted octanol–water partition coefficient (Wildman–Crippen LogP) is 3.88. The number of thioether (sulfide) groups is 1. The van der Waals surface area contributed by atoms with E-state index in [4.69, 9.17) is 5.26 Å². The summed E-state index contributed by atoms with van der Waals surface area (Å²) in [7, 11) is 0. The van der Waals surface area contributed by atoms with Crippen LogP contribution in [0.25, 0.3) is 0 Å². The van der Waals surface area contributed by atoms with Crippen molar-refractivity contribution in [3.05, 3.63) is 35.9 Å². The van der Waals surface area contributed by atoms with Gasteiger partial charge in [0.25, 0.3) is 0 Å². The minimum atomic E-state index is 0.0707. The molecule has 0 bridgehead atoms. The summed E-state index contributed by atoms with van der Waals surface area (Å²) in [6.07, 6.45) is 0. The van der Waals surface area contributed by atoms with Gasteiger partial charge in [-0.25, -0.2) is 0 Å². The Kier molecular flexibility index (Phi) is 7.31. The highest BCUT2D eigenvalue weighted by Crippen LogP contribution is 2.30. The summed E-state index contributed by atoms with van der Waals surface area (Å²) in [6, 6.07) is 12.4. The Morgan fingerprint density at radius 2 is 1.86 bits per heavy atom. The van der Waals surface area contributed by atoms with Crippen LogP contribution in [0.1, 0.15) is 39.3 Å². The Bertz CT molecular complexity index is 479. The van der Waals surface area contributed by atoms with Crippen LogP contribution in [0.4, 0.5) is 0 Å². The fourth-order valence-corrected chi connectivity index (χ4v) is 3.06. The Hall–Kier alpha value is -1.47. The van der Waals surface area contributed by atoms with Gasteiger partial charge in [0.1, 0.15) is 0 Å². The summed E-state index contributed by atoms with van der Waals surface area (Å²) in [5.41, 5.74) is 1.17. The molecule has 21 heavy (non-hydrogen) atoms. The molecular formula is C17H24N2OS. The molecule has 0 spiro atoms. The van der Waals surface area contributed by atoms with Crippen LogP contribution in [0.3, 0.4) is 0 Å². The minimum absolute atomic E-state index is 0.0707. The number of rotatable bonds is 7. The third-order valence-electron chi connectivity index (χ3n) is 3.31. The normalized spacial score (nSPS) is 12.2. The van der Waals surface area contributed by atoms with Crippen molar-refractivity contribution in [3.63, 3.8) is 0 Å². The van der Waals surface area contributed by atoms with E-state index in [2.05, 4.69) is 32.0 Å². The van der Waals surface area contributed by atoms with E-state index in [-0.39, 0.29) is 18.0 Å². The predicted molar refractivity (Wildman–Crippen MR) is 88.9 cm³/mol. The van der Waals surface area contributed by atoms with Crippen LogP contribution >= 0.6 is 11.8 Å². The molecule has 0 radical (unpaired) electrons. The molecule has 0 saturated heterocycles. The Morgan fingerprint density at radius 1 is 1.24 bits per heavy atom. The third-order valence-corrected chi connectivity index (χ3v) is 4.09. The maximum Gasteiger partial charge on any atom is 0.233 e. The van der Waals surface area contributed by atoms with Gasteiger partial charge in [-0.3, -0.25) is 4.79 Å². The van der Waals surface area contributed by atoms with E-state index < -0.39 is 0 Å². The molecule has 0 saturated carbocycles. The summed E-state index contributed by atoms with van der Waals surface area (Å²) in [5.74, 6) is 1.16. The van der Waals surface area contributed by atoms with Gasteiger partial charge in [0, 0.05) is 6.04 Å². The van der Waals surface area contributed by atoms with E-state index in [0.29, 0.717) is 17.4 Å². The third kappa shape index (κ3) is 5.09. The monoisotopic (exact) mass is 304 g/mol. The van der Waals surface area contributed by atoms with E-state index in [1.54, 1.807) is 0 Å². The molecule has 114 valence electrons. The maximum atomic E-state index is 12.6. The summed E-state index contributed by atoms with van der Waals surface area (Å²) >= 11 is 1.38. The van der Waals surface area contributed by atoms with Crippen LogP contribution in [-0.4, -0.2) is 28.4 Å². The van der Waals surface area contributed by atoms with Gasteiger partial charge in [0.15, 0.2) is 0 Å². The van der Waals surface area contributed by atoms with Crippen molar-refractivity contribution in [3.8, 4) is 6.07 Å². The Balaban J connectivity index is 3.00. The molecule has 0 aliphatic carbocycles. The van der Waals surface area contributed by atoms with Crippen LogP contribution in [0.5, 0.6) is 0 Å². The molecule has 1 aromatic rings. The number of nitrogens with zero attached hydrogens (tertiary/aromatic N) is 2. The van der Waals surface area contributed by atoms with Gasteiger partial charge >= 0.3 is 0 Å². The molecule has 1 rings (SSSR count). The fourth-order valence-electron chi connectivity index (χ4n) is 2.54. The molecule has 3 nitrogen and oxygen atoms in total. The average molecular weight is 304 g/mol. The highest BCUT2D eigenvalue weighted by atomic mass is 32.2. The van der Waals surface area contributed by atoms with Crippen LogP contribution in [0.2, 0.25) is 0 Å². The smallest absolute Gasteiger partial charge is 0.233 e. The van der Waals surface area contributed by atoms with Crippen molar-refractivity contribution in [2.45, 2.75) is 39.8 Å². The van der Waals surface area contributed by atoms with Gasteiger partial charge in [-0.2, -0.15) is 5.26 Å². The van der Waals surface area contributed by atoms with Crippen molar-refractivity contribution < 1.29 is 4.79 Å². The van der Waals surface area contributed by atoms with Gasteiger partial charge in [-0.1, -0.05) is 44.2 Å². The Labute approximate surface area is 132 Å². The summed E-state index contributed by atoms with van der Waals surface area (Å²) in [4.78, 5) is 14.5. The molecule has 1 aromatic carbocycles. The van der Waals surface area contributed by atoms with Gasteiger partial charge in [0.05, 0.1) is 23.6 Å². The number of hydrogen-bond donors (Lipinski definition) is 0. The van der Waals surface area contributed by atoms with Crippen molar-refractivity contribution in [1.29, 1.82) is 5.26 Å². The lowest BCUT2D eigenvalue weighted by molar-refractivity contribution is -0.133. The van der Waals surface area contributed by atoms with Crippen LogP contribution in [0, 0.1) is 17.2 Å². The Morgan fingerprint density at radius 3 is 2.33 bits per heavy atom. The molecule has 1 unspecified atom stereocenters. The first-order valence-corrected chi connectivity index (χ1v) is 8.45. The van der Waals surface area contributed by atoms with Crippen molar-refractivity contribution in [2.75, 3.05) is 11.5 Å². The van der Waals surface area contributed by atoms with Crippen molar-refractivity contribution in [2.24, 2.45) is 5.92 Å². The zero-order valence-electron chi connectivity index (χ0n) is 13.2. The van der Waals surface area contributed by atoms with Crippen LogP contribution < -0.4 is 0 Å². The second-order valence-corrected chi connectivity index (χ2v) is 6.63. The van der Waals surface area contributed by atoms with E-state index in [9.17, 15) is 4.79 Å². The molecular weight excluding hydrogens is 280 g/mol. The summed E-state index contributed by atoms with van der Waals surface area (Å²) in [5, 5.41) is 8.61. The quantitative estimate of drug-likeness (QED) is 0.718. The van der Waals surface area contributed by atoms with Crippen molar-refractivity contribution in [1.82, 2.24) is 4.90 Å². The van der Waals surface area contributed by atoms with E-state index in [0.717, 1.165) is 0 Å². The molecule has 0 aliphatic heterocycles. The standard InChI is InChI=1S/C17H24N2OS/c1-13(2)17(15-8-6-5-7-9-15)19(14(3)4)16(20)12-21-11-10-18/h5-9,13-14,17H,11-12H2,1-4H3. The highest BCUT2D eigenvalue weighted by Gasteiger charge is 2.29. The molecule has 1 amide bonds. The highest BCUT2D eigenvalue weighted by molar-refractivity contribution is 8.00. The van der Waals surface area contributed by atoms with Gasteiger partial charge in [0.2, 0.25) is 5.91 Å². The molecule has 0 aromatic heterocycles. The molecule has 1 atom stereocenters. The first-order valence-electron chi connectivity index (χ1n) is 7.29. The summed E-state index contributed by atoms with van der Waals surface area (Å²) < 4.78 is 0. The summed E-state index contributed by atoms with van der Waals surface area (Å²) in [6.45, 7) is 8.38. The van der Waals surface area contributed by atoms with Gasteiger partial charge in [-0.05, 0) is 25.3 Å². The SMILES string of the molecule is CC(C)C(c1ccccc1)N(C(=O)CSCC#N)C(C)C. The lowest BCUT2D eigenvalue weighted by Gasteiger charge is -2.38. The zero-order chi connectivity index (χ0) is 15.8. The largest absolute Gasteiger partial charge is 0.332 e. The number of amides is 1. The first kappa shape index (κ1) is 17.6. The number of nitriles is 1. The average Bonchev–Trinajstić information content (AvgIpc) is 2.44. The zero-order valence-corrected chi connectivity index (χ0v) is 14.1. The van der Waals surface area contributed by atoms with E-state index in [1.807, 2.05) is 36.9 Å². The lowest BCUT2D eigenvalue weighted by Crippen LogP contribution is -2.43. The molecule has 0 aliphatic rings. The first-order chi connectivity index (χ1) is 9.99. The second kappa shape index (κ2) is 8.74. The van der Waals surface area contributed by atoms with Gasteiger partial charge < -0.3 is 4.90 Å². The minimum Gasteiger partial charge on any atom is -0.332 e. The van der Waals surface area contributed by atoms with Gasteiger partial charge in [-0.15, -0.1) is 11.8 Å². The number of carbonyl (C=O) groups is 1. The van der Waals surface area contributed by atoms with E-state index in [1.165, 1.54) is 17.3 Å². The van der Waals surface area contributed by atoms with Crippen LogP contribution in [-0.2, 0) is 4.79 Å². The second-order valence-electron chi connectivity index (χ2n) is 5.65. The topological polar surface area (TPSA) is 44.1 Å². The maximum absolute atomic E-state index is 12.6.